The summed E-state index contributed by atoms with van der Waals surface area (Å²) in [6, 6.07) is 0. The summed E-state index contributed by atoms with van der Waals surface area (Å²) >= 11 is 0. The van der Waals surface area contributed by atoms with Crippen molar-refractivity contribution in [3.63, 3.8) is 0 Å². The van der Waals surface area contributed by atoms with Gasteiger partial charge in [-0.1, -0.05) is 27.7 Å². The third-order valence-electron chi connectivity index (χ3n) is 4.00. The van der Waals surface area contributed by atoms with Gasteiger partial charge in [-0.15, -0.1) is 0 Å². The van der Waals surface area contributed by atoms with Crippen molar-refractivity contribution in [2.24, 2.45) is 5.41 Å². The van der Waals surface area contributed by atoms with E-state index in [9.17, 15) is 4.79 Å². The number of nitrogens with one attached hydrogen (secondary N) is 2. The molecule has 6 nitrogen and oxygen atoms in total. The van der Waals surface area contributed by atoms with Crippen LogP contribution in [0.15, 0.2) is 6.20 Å². The van der Waals surface area contributed by atoms with Gasteiger partial charge in [-0.3, -0.25) is 4.79 Å². The summed E-state index contributed by atoms with van der Waals surface area (Å²) in [6.45, 7) is 8.48. The highest BCUT2D eigenvalue weighted by Crippen LogP contribution is 2.22. The number of aromatic amines is 1. The average molecular weight is 282 g/mol. The van der Waals surface area contributed by atoms with Crippen molar-refractivity contribution in [3.05, 3.63) is 11.9 Å². The van der Waals surface area contributed by atoms with E-state index in [1.165, 1.54) is 0 Å². The first-order valence-corrected chi connectivity index (χ1v) is 7.07. The molecule has 1 aromatic heterocycles. The Morgan fingerprint density at radius 3 is 2.50 bits per heavy atom. The van der Waals surface area contributed by atoms with Gasteiger partial charge in [0.15, 0.2) is 0 Å². The summed E-state index contributed by atoms with van der Waals surface area (Å²) in [5, 5.41) is 13.3. The second-order valence-electron chi connectivity index (χ2n) is 5.80. The second kappa shape index (κ2) is 6.83. The van der Waals surface area contributed by atoms with E-state index in [1.807, 2.05) is 13.8 Å². The highest BCUT2D eigenvalue weighted by molar-refractivity contribution is 5.82. The number of amides is 1. The Bertz CT molecular complexity index is 403. The van der Waals surface area contributed by atoms with Gasteiger partial charge in [0.05, 0.1) is 17.5 Å². The normalized spacial score (nSPS) is 12.4. The van der Waals surface area contributed by atoms with Gasteiger partial charge in [-0.2, -0.15) is 15.4 Å². The van der Waals surface area contributed by atoms with Crippen LogP contribution in [0.3, 0.4) is 0 Å². The molecular weight excluding hydrogens is 256 g/mol. The van der Waals surface area contributed by atoms with Crippen molar-refractivity contribution in [3.8, 4) is 0 Å². The van der Waals surface area contributed by atoms with Crippen LogP contribution >= 0.6 is 0 Å². The largest absolute Gasteiger partial charge is 0.376 e. The van der Waals surface area contributed by atoms with E-state index in [4.69, 9.17) is 4.74 Å². The van der Waals surface area contributed by atoms with Crippen molar-refractivity contribution in [2.45, 2.75) is 52.6 Å². The van der Waals surface area contributed by atoms with Gasteiger partial charge >= 0.3 is 0 Å². The molecule has 114 valence electrons. The zero-order chi connectivity index (χ0) is 15.2. The molecule has 1 amide bonds. The molecule has 20 heavy (non-hydrogen) atoms. The fraction of sp³-hybridized carbons (Fsp3) is 0.786. The lowest BCUT2D eigenvalue weighted by Gasteiger charge is -2.32. The van der Waals surface area contributed by atoms with Crippen LogP contribution in [0.5, 0.6) is 0 Å². The molecule has 0 spiro atoms. The monoisotopic (exact) mass is 282 g/mol. The lowest BCUT2D eigenvalue weighted by Crippen LogP contribution is -2.47. The number of nitrogens with zero attached hydrogens (tertiary/aromatic N) is 2. The van der Waals surface area contributed by atoms with E-state index < -0.39 is 5.41 Å². The zero-order valence-corrected chi connectivity index (χ0v) is 13.1. The Morgan fingerprint density at radius 1 is 1.40 bits per heavy atom. The molecule has 0 aliphatic rings. The molecule has 0 radical (unpaired) electrons. The molecular formula is C14H26N4O2. The summed E-state index contributed by atoms with van der Waals surface area (Å²) in [6.07, 6.45) is 3.92. The number of hydrogen-bond donors (Lipinski definition) is 2. The summed E-state index contributed by atoms with van der Waals surface area (Å²) in [7, 11) is 1.69. The maximum Gasteiger partial charge on any atom is 0.226 e. The van der Waals surface area contributed by atoms with Gasteiger partial charge in [-0.25, -0.2) is 0 Å². The lowest BCUT2D eigenvalue weighted by atomic mass is 9.86. The number of carbonyl (C=O) groups excluding carboxylic acids is 1. The third kappa shape index (κ3) is 4.03. The maximum atomic E-state index is 12.4. The topological polar surface area (TPSA) is 79.9 Å². The van der Waals surface area contributed by atoms with Crippen molar-refractivity contribution in [1.82, 2.24) is 20.7 Å². The first-order chi connectivity index (χ1) is 9.39. The Labute approximate surface area is 120 Å². The van der Waals surface area contributed by atoms with Crippen LogP contribution in [0.4, 0.5) is 0 Å². The Kier molecular flexibility index (Phi) is 5.68. The van der Waals surface area contributed by atoms with Crippen molar-refractivity contribution >= 4 is 5.91 Å². The summed E-state index contributed by atoms with van der Waals surface area (Å²) < 4.78 is 5.56. The van der Waals surface area contributed by atoms with E-state index in [0.717, 1.165) is 18.5 Å². The molecule has 1 aromatic rings. The van der Waals surface area contributed by atoms with Crippen LogP contribution in [-0.4, -0.2) is 40.6 Å². The van der Waals surface area contributed by atoms with E-state index in [2.05, 4.69) is 34.6 Å². The number of H-pyrrole nitrogens is 1. The predicted molar refractivity (Wildman–Crippen MR) is 77.2 cm³/mol. The lowest BCUT2D eigenvalue weighted by molar-refractivity contribution is -0.131. The van der Waals surface area contributed by atoms with Gasteiger partial charge < -0.3 is 10.1 Å². The quantitative estimate of drug-likeness (QED) is 0.760. The fourth-order valence-electron chi connectivity index (χ4n) is 2.19. The van der Waals surface area contributed by atoms with E-state index in [-0.39, 0.29) is 11.5 Å². The number of aromatic nitrogens is 3. The van der Waals surface area contributed by atoms with Gasteiger partial charge in [0.2, 0.25) is 5.91 Å². The summed E-state index contributed by atoms with van der Waals surface area (Å²) in [5.74, 6) is 0.00354. The minimum Gasteiger partial charge on any atom is -0.376 e. The molecule has 0 atom stereocenters. The minimum absolute atomic E-state index is 0.00354. The standard InChI is InChI=1S/C14H26N4O2/c1-6-14(7-2,20-5)10-15-12(19)13(3,4)8-11-9-16-18-17-11/h9H,6-8,10H2,1-5H3,(H,15,19)(H,16,17,18). The molecule has 0 aliphatic heterocycles. The number of hydrogen-bond acceptors (Lipinski definition) is 4. The van der Waals surface area contributed by atoms with E-state index in [0.29, 0.717) is 13.0 Å². The number of ether oxygens (including phenoxy) is 1. The molecule has 0 saturated carbocycles. The molecule has 0 saturated heterocycles. The predicted octanol–water partition coefficient (Wildman–Crippen LogP) is 1.69. The Balaban J connectivity index is 2.61. The van der Waals surface area contributed by atoms with Crippen LogP contribution in [0.25, 0.3) is 0 Å². The molecule has 1 rings (SSSR count). The minimum atomic E-state index is -0.530. The summed E-state index contributed by atoms with van der Waals surface area (Å²) in [5.41, 5.74) is -0.0218. The highest BCUT2D eigenvalue weighted by Gasteiger charge is 2.32. The first kappa shape index (κ1) is 16.6. The van der Waals surface area contributed by atoms with Gasteiger partial charge in [0.1, 0.15) is 0 Å². The zero-order valence-electron chi connectivity index (χ0n) is 13.1. The number of rotatable bonds is 8. The van der Waals surface area contributed by atoms with E-state index in [1.54, 1.807) is 13.3 Å². The molecule has 0 aliphatic carbocycles. The molecule has 0 fully saturated rings. The number of methoxy groups -OCH3 is 1. The second-order valence-corrected chi connectivity index (χ2v) is 5.80. The molecule has 1 heterocycles. The Hall–Kier alpha value is -1.43. The van der Waals surface area contributed by atoms with Crippen LogP contribution in [0.1, 0.15) is 46.2 Å². The van der Waals surface area contributed by atoms with Crippen molar-refractivity contribution in [2.75, 3.05) is 13.7 Å². The highest BCUT2D eigenvalue weighted by atomic mass is 16.5. The molecule has 2 N–H and O–H groups in total. The molecule has 0 unspecified atom stereocenters. The van der Waals surface area contributed by atoms with Crippen LogP contribution < -0.4 is 5.32 Å². The SMILES string of the molecule is CCC(CC)(CNC(=O)C(C)(C)Cc1cn[nH]n1)OC. The van der Waals surface area contributed by atoms with Crippen molar-refractivity contribution in [1.29, 1.82) is 0 Å². The van der Waals surface area contributed by atoms with E-state index >= 15 is 0 Å². The average Bonchev–Trinajstić information content (AvgIpc) is 2.92. The van der Waals surface area contributed by atoms with Gasteiger partial charge in [0, 0.05) is 25.5 Å². The fourth-order valence-corrected chi connectivity index (χ4v) is 2.19. The molecule has 6 heteroatoms. The molecule has 0 bridgehead atoms. The first-order valence-electron chi connectivity index (χ1n) is 7.07. The number of carbonyl (C=O) groups is 1. The van der Waals surface area contributed by atoms with Crippen LogP contribution in [0, 0.1) is 5.41 Å². The summed E-state index contributed by atoms with van der Waals surface area (Å²) in [4.78, 5) is 12.4. The Morgan fingerprint density at radius 2 is 2.05 bits per heavy atom. The maximum absolute atomic E-state index is 12.4. The molecule has 0 aromatic carbocycles. The van der Waals surface area contributed by atoms with Crippen molar-refractivity contribution < 1.29 is 9.53 Å². The smallest absolute Gasteiger partial charge is 0.226 e. The van der Waals surface area contributed by atoms with Crippen LogP contribution in [0.2, 0.25) is 0 Å². The van der Waals surface area contributed by atoms with Gasteiger partial charge in [0.25, 0.3) is 0 Å². The third-order valence-corrected chi connectivity index (χ3v) is 4.00. The van der Waals surface area contributed by atoms with Gasteiger partial charge in [-0.05, 0) is 12.8 Å². The van der Waals surface area contributed by atoms with Crippen LogP contribution in [-0.2, 0) is 16.0 Å².